The largest absolute Gasteiger partial charge is 0.480 e. The van der Waals surface area contributed by atoms with Gasteiger partial charge in [0.15, 0.2) is 5.69 Å². The Labute approximate surface area is 122 Å². The molecule has 0 radical (unpaired) electrons. The molecule has 2 aliphatic rings. The number of rotatable bonds is 3. The summed E-state index contributed by atoms with van der Waals surface area (Å²) < 4.78 is 1.67. The van der Waals surface area contributed by atoms with Crippen LogP contribution in [0.4, 0.5) is 0 Å². The summed E-state index contributed by atoms with van der Waals surface area (Å²) in [6.07, 6.45) is 2.92. The van der Waals surface area contributed by atoms with Gasteiger partial charge in [-0.3, -0.25) is 4.79 Å². The molecule has 3 heterocycles. The topological polar surface area (TPSA) is 100 Å². The number of hydrogen-bond donors (Lipinski definition) is 2. The van der Waals surface area contributed by atoms with E-state index in [1.165, 1.54) is 4.90 Å². The average Bonchev–Trinajstić information content (AvgIpc) is 2.85. The van der Waals surface area contributed by atoms with Crippen molar-refractivity contribution < 1.29 is 14.7 Å². The average molecular weight is 293 g/mol. The molecule has 1 aromatic heterocycles. The van der Waals surface area contributed by atoms with E-state index < -0.39 is 12.0 Å². The van der Waals surface area contributed by atoms with Crippen LogP contribution in [-0.4, -0.2) is 62.6 Å². The molecule has 2 saturated heterocycles. The number of nitrogens with one attached hydrogen (secondary N) is 1. The van der Waals surface area contributed by atoms with Crippen molar-refractivity contribution in [2.45, 2.75) is 31.8 Å². The SMILES string of the molecule is CC1CCN(C(=O)c2cn(C3CNC3)nn2)C(C(=O)O)C1. The fourth-order valence-electron chi connectivity index (χ4n) is 2.78. The highest BCUT2D eigenvalue weighted by molar-refractivity contribution is 5.94. The standard InChI is InChI=1S/C13H19N5O3/c1-8-2-3-17(11(4-8)13(20)21)12(19)10-7-18(16-15-10)9-5-14-6-9/h7-9,11,14H,2-6H2,1H3,(H,20,21). The van der Waals surface area contributed by atoms with Crippen LogP contribution in [-0.2, 0) is 4.79 Å². The Kier molecular flexibility index (Phi) is 3.62. The second-order valence-corrected chi connectivity index (χ2v) is 5.88. The quantitative estimate of drug-likeness (QED) is 0.797. The summed E-state index contributed by atoms with van der Waals surface area (Å²) in [5.41, 5.74) is 0.225. The van der Waals surface area contributed by atoms with Gasteiger partial charge in [0.25, 0.3) is 5.91 Å². The smallest absolute Gasteiger partial charge is 0.326 e. The van der Waals surface area contributed by atoms with Crippen LogP contribution in [0.25, 0.3) is 0 Å². The van der Waals surface area contributed by atoms with E-state index in [-0.39, 0.29) is 17.6 Å². The Morgan fingerprint density at radius 2 is 2.19 bits per heavy atom. The summed E-state index contributed by atoms with van der Waals surface area (Å²) in [5.74, 6) is -0.981. The van der Waals surface area contributed by atoms with Crippen molar-refractivity contribution in [1.82, 2.24) is 25.2 Å². The third-order valence-corrected chi connectivity index (χ3v) is 4.27. The fraction of sp³-hybridized carbons (Fsp3) is 0.692. The number of carboxylic acids is 1. The summed E-state index contributed by atoms with van der Waals surface area (Å²) >= 11 is 0. The first-order chi connectivity index (χ1) is 10.1. The van der Waals surface area contributed by atoms with Gasteiger partial charge in [0, 0.05) is 19.6 Å². The van der Waals surface area contributed by atoms with Crippen molar-refractivity contribution in [3.8, 4) is 0 Å². The van der Waals surface area contributed by atoms with Gasteiger partial charge in [-0.1, -0.05) is 12.1 Å². The lowest BCUT2D eigenvalue weighted by Gasteiger charge is -2.35. The van der Waals surface area contributed by atoms with E-state index in [1.807, 2.05) is 6.92 Å². The zero-order valence-corrected chi connectivity index (χ0v) is 11.9. The minimum atomic E-state index is -0.953. The molecule has 0 spiro atoms. The van der Waals surface area contributed by atoms with Gasteiger partial charge in [-0.05, 0) is 18.8 Å². The van der Waals surface area contributed by atoms with Crippen LogP contribution < -0.4 is 5.32 Å². The molecule has 8 heteroatoms. The third-order valence-electron chi connectivity index (χ3n) is 4.27. The van der Waals surface area contributed by atoms with Crippen LogP contribution >= 0.6 is 0 Å². The van der Waals surface area contributed by atoms with Crippen molar-refractivity contribution in [2.75, 3.05) is 19.6 Å². The van der Waals surface area contributed by atoms with E-state index in [4.69, 9.17) is 0 Å². The molecule has 1 amide bonds. The second kappa shape index (κ2) is 5.44. The molecule has 2 N–H and O–H groups in total. The number of aliphatic carboxylic acids is 1. The van der Waals surface area contributed by atoms with Crippen molar-refractivity contribution >= 4 is 11.9 Å². The Balaban J connectivity index is 1.76. The number of carbonyl (C=O) groups excluding carboxylic acids is 1. The van der Waals surface area contributed by atoms with Gasteiger partial charge in [0.05, 0.1) is 12.2 Å². The van der Waals surface area contributed by atoms with Gasteiger partial charge in [0.1, 0.15) is 6.04 Å². The lowest BCUT2D eigenvalue weighted by Crippen LogP contribution is -2.49. The minimum Gasteiger partial charge on any atom is -0.480 e. The Morgan fingerprint density at radius 1 is 1.43 bits per heavy atom. The number of aromatic nitrogens is 3. The lowest BCUT2D eigenvalue weighted by molar-refractivity contribution is -0.144. The van der Waals surface area contributed by atoms with Gasteiger partial charge in [0.2, 0.25) is 0 Å². The summed E-state index contributed by atoms with van der Waals surface area (Å²) in [4.78, 5) is 25.3. The molecular formula is C13H19N5O3. The highest BCUT2D eigenvalue weighted by Gasteiger charge is 2.36. The van der Waals surface area contributed by atoms with E-state index in [0.717, 1.165) is 19.5 Å². The van der Waals surface area contributed by atoms with Gasteiger partial charge < -0.3 is 15.3 Å². The van der Waals surface area contributed by atoms with E-state index >= 15 is 0 Å². The number of hydrogen-bond acceptors (Lipinski definition) is 5. The van der Waals surface area contributed by atoms with Crippen LogP contribution in [0.2, 0.25) is 0 Å². The number of carboxylic acid groups (broad SMARTS) is 1. The zero-order valence-electron chi connectivity index (χ0n) is 11.9. The van der Waals surface area contributed by atoms with E-state index in [0.29, 0.717) is 18.9 Å². The van der Waals surface area contributed by atoms with Crippen LogP contribution in [0.5, 0.6) is 0 Å². The number of amides is 1. The third kappa shape index (κ3) is 2.63. The van der Waals surface area contributed by atoms with E-state index in [1.54, 1.807) is 10.9 Å². The van der Waals surface area contributed by atoms with Crippen LogP contribution in [0.3, 0.4) is 0 Å². The Morgan fingerprint density at radius 3 is 2.81 bits per heavy atom. The van der Waals surface area contributed by atoms with Crippen LogP contribution in [0.1, 0.15) is 36.3 Å². The highest BCUT2D eigenvalue weighted by atomic mass is 16.4. The molecule has 3 rings (SSSR count). The Hall–Kier alpha value is -1.96. The van der Waals surface area contributed by atoms with Crippen LogP contribution in [0, 0.1) is 5.92 Å². The van der Waals surface area contributed by atoms with Gasteiger partial charge in [-0.2, -0.15) is 0 Å². The monoisotopic (exact) mass is 293 g/mol. The molecule has 0 bridgehead atoms. The summed E-state index contributed by atoms with van der Waals surface area (Å²) in [6, 6.07) is -0.535. The highest BCUT2D eigenvalue weighted by Crippen LogP contribution is 2.24. The number of nitrogens with zero attached hydrogens (tertiary/aromatic N) is 4. The maximum atomic E-state index is 12.5. The molecule has 21 heavy (non-hydrogen) atoms. The molecule has 2 fully saturated rings. The van der Waals surface area contributed by atoms with Crippen molar-refractivity contribution in [3.05, 3.63) is 11.9 Å². The lowest BCUT2D eigenvalue weighted by atomic mass is 9.92. The molecule has 2 unspecified atom stereocenters. The summed E-state index contributed by atoms with van der Waals surface area (Å²) in [7, 11) is 0. The normalized spacial score (nSPS) is 26.4. The van der Waals surface area contributed by atoms with Crippen molar-refractivity contribution in [1.29, 1.82) is 0 Å². The maximum Gasteiger partial charge on any atom is 0.326 e. The molecule has 1 aromatic rings. The molecule has 2 atom stereocenters. The first-order valence-electron chi connectivity index (χ1n) is 7.22. The Bertz CT molecular complexity index is 554. The minimum absolute atomic E-state index is 0.225. The predicted octanol–water partition coefficient (Wildman–Crippen LogP) is -0.252. The van der Waals surface area contributed by atoms with Gasteiger partial charge in [-0.25, -0.2) is 9.48 Å². The first kappa shape index (κ1) is 14.0. The van der Waals surface area contributed by atoms with E-state index in [9.17, 15) is 14.7 Å². The fourth-order valence-corrected chi connectivity index (χ4v) is 2.78. The maximum absolute atomic E-state index is 12.5. The van der Waals surface area contributed by atoms with Gasteiger partial charge in [-0.15, -0.1) is 5.10 Å². The molecular weight excluding hydrogens is 274 g/mol. The molecule has 0 saturated carbocycles. The van der Waals surface area contributed by atoms with E-state index in [2.05, 4.69) is 15.6 Å². The molecule has 8 nitrogen and oxygen atoms in total. The molecule has 0 aromatic carbocycles. The van der Waals surface area contributed by atoms with Gasteiger partial charge >= 0.3 is 5.97 Å². The first-order valence-corrected chi connectivity index (χ1v) is 7.22. The summed E-state index contributed by atoms with van der Waals surface area (Å²) in [6.45, 7) is 4.10. The molecule has 114 valence electrons. The molecule has 0 aliphatic carbocycles. The van der Waals surface area contributed by atoms with Crippen molar-refractivity contribution in [2.24, 2.45) is 5.92 Å². The van der Waals surface area contributed by atoms with Crippen LogP contribution in [0.15, 0.2) is 6.20 Å². The number of likely N-dealkylation sites (tertiary alicyclic amines) is 1. The molecule has 2 aliphatic heterocycles. The predicted molar refractivity (Wildman–Crippen MR) is 72.8 cm³/mol. The summed E-state index contributed by atoms with van der Waals surface area (Å²) in [5, 5.41) is 20.3. The second-order valence-electron chi connectivity index (χ2n) is 5.88. The van der Waals surface area contributed by atoms with Crippen molar-refractivity contribution in [3.63, 3.8) is 0 Å². The number of carbonyl (C=O) groups is 2. The zero-order chi connectivity index (χ0) is 15.0. The number of piperidine rings is 1.